The van der Waals surface area contributed by atoms with Gasteiger partial charge in [-0.05, 0) is 30.2 Å². The van der Waals surface area contributed by atoms with Crippen LogP contribution >= 0.6 is 7.60 Å². The Hall–Kier alpha value is -1.94. The first-order valence-electron chi connectivity index (χ1n) is 7.31. The zero-order chi connectivity index (χ0) is 17.0. The summed E-state index contributed by atoms with van der Waals surface area (Å²) in [6, 6.07) is 17.3. The molecular formula is C17H20NO4P. The lowest BCUT2D eigenvalue weighted by Gasteiger charge is -2.35. The Labute approximate surface area is 135 Å². The Morgan fingerprint density at radius 2 is 1.30 bits per heavy atom. The Bertz CT molecular complexity index is 658. The van der Waals surface area contributed by atoms with Gasteiger partial charge in [-0.2, -0.15) is 0 Å². The van der Waals surface area contributed by atoms with Crippen molar-refractivity contribution in [1.29, 1.82) is 0 Å². The lowest BCUT2D eigenvalue weighted by molar-refractivity contribution is -0.115. The fourth-order valence-corrected chi connectivity index (χ4v) is 3.27. The molecule has 0 aromatic heterocycles. The summed E-state index contributed by atoms with van der Waals surface area (Å²) in [4.78, 5) is 32.8. The summed E-state index contributed by atoms with van der Waals surface area (Å²) >= 11 is 0. The van der Waals surface area contributed by atoms with Crippen LogP contribution in [0.2, 0.25) is 0 Å². The van der Waals surface area contributed by atoms with Crippen molar-refractivity contribution in [2.45, 2.75) is 19.9 Å². The Kier molecular flexibility index (Phi) is 5.37. The van der Waals surface area contributed by atoms with Crippen LogP contribution in [0.5, 0.6) is 0 Å². The average molecular weight is 333 g/mol. The molecule has 0 bridgehead atoms. The van der Waals surface area contributed by atoms with Gasteiger partial charge in [0.2, 0.25) is 0 Å². The number of carbonyl (C=O) groups excluding carboxylic acids is 1. The molecule has 0 aliphatic rings. The molecule has 122 valence electrons. The maximum atomic E-state index is 12.4. The van der Waals surface area contributed by atoms with Gasteiger partial charge >= 0.3 is 7.60 Å². The van der Waals surface area contributed by atoms with Crippen molar-refractivity contribution in [3.8, 4) is 0 Å². The normalized spacial score (nSPS) is 12.9. The number of para-hydroxylation sites is 2. The van der Waals surface area contributed by atoms with Gasteiger partial charge in [0.15, 0.2) is 0 Å². The first kappa shape index (κ1) is 17.4. The minimum absolute atomic E-state index is 0.282. The predicted molar refractivity (Wildman–Crippen MR) is 90.7 cm³/mol. The SMILES string of the molecule is CC(C)[C@@H](C(=O)P(=O)(O)O)N(c1ccccc1)c1ccccc1. The highest BCUT2D eigenvalue weighted by molar-refractivity contribution is 7.70. The molecule has 2 rings (SSSR count). The number of rotatable bonds is 6. The standard InChI is InChI=1S/C17H20NO4P/c1-13(2)16(17(19)23(20,21)22)18(14-9-5-3-6-10-14)15-11-7-4-8-12-15/h3-13,16H,1-2H3,(H2,20,21,22)/t16-/m0/s1. The van der Waals surface area contributed by atoms with E-state index in [0.717, 1.165) is 0 Å². The number of benzene rings is 2. The molecule has 0 saturated heterocycles. The lowest BCUT2D eigenvalue weighted by Crippen LogP contribution is -2.42. The van der Waals surface area contributed by atoms with Crippen molar-refractivity contribution in [2.24, 2.45) is 5.92 Å². The van der Waals surface area contributed by atoms with Gasteiger partial charge < -0.3 is 14.7 Å². The Morgan fingerprint density at radius 1 is 0.913 bits per heavy atom. The molecule has 0 fully saturated rings. The minimum atomic E-state index is -4.84. The molecule has 0 heterocycles. The van der Waals surface area contributed by atoms with Gasteiger partial charge in [0.1, 0.15) is 6.04 Å². The fraction of sp³-hybridized carbons (Fsp3) is 0.235. The third kappa shape index (κ3) is 4.08. The van der Waals surface area contributed by atoms with Crippen LogP contribution in [0.3, 0.4) is 0 Å². The predicted octanol–water partition coefficient (Wildman–Crippen LogP) is 3.55. The molecule has 0 unspecified atom stereocenters. The summed E-state index contributed by atoms with van der Waals surface area (Å²) in [5.41, 5.74) is 0.346. The molecule has 0 aliphatic heterocycles. The van der Waals surface area contributed by atoms with Crippen molar-refractivity contribution in [1.82, 2.24) is 0 Å². The summed E-state index contributed by atoms with van der Waals surface area (Å²) in [6.07, 6.45) is 0. The number of nitrogens with zero attached hydrogens (tertiary/aromatic N) is 1. The van der Waals surface area contributed by atoms with Crippen molar-refractivity contribution in [3.63, 3.8) is 0 Å². The molecule has 23 heavy (non-hydrogen) atoms. The second-order valence-corrected chi connectivity index (χ2v) is 7.14. The van der Waals surface area contributed by atoms with Gasteiger partial charge in [-0.1, -0.05) is 50.2 Å². The molecule has 0 amide bonds. The molecule has 1 atom stereocenters. The second kappa shape index (κ2) is 7.09. The van der Waals surface area contributed by atoms with Gasteiger partial charge in [-0.3, -0.25) is 9.36 Å². The van der Waals surface area contributed by atoms with Gasteiger partial charge in [-0.15, -0.1) is 0 Å². The smallest absolute Gasteiger partial charge is 0.330 e. The molecule has 0 saturated carbocycles. The van der Waals surface area contributed by atoms with Crippen LogP contribution in [-0.2, 0) is 9.36 Å². The van der Waals surface area contributed by atoms with Crippen LogP contribution in [0.4, 0.5) is 11.4 Å². The van der Waals surface area contributed by atoms with Crippen molar-refractivity contribution < 1.29 is 19.1 Å². The molecule has 6 heteroatoms. The first-order chi connectivity index (χ1) is 10.8. The van der Waals surface area contributed by atoms with Crippen LogP contribution in [0.25, 0.3) is 0 Å². The first-order valence-corrected chi connectivity index (χ1v) is 8.93. The van der Waals surface area contributed by atoms with Crippen LogP contribution < -0.4 is 4.90 Å². The van der Waals surface area contributed by atoms with Crippen LogP contribution in [0.15, 0.2) is 60.7 Å². The summed E-state index contributed by atoms with van der Waals surface area (Å²) in [6.45, 7) is 3.55. The Morgan fingerprint density at radius 3 is 1.61 bits per heavy atom. The second-order valence-electron chi connectivity index (χ2n) is 5.61. The maximum absolute atomic E-state index is 12.4. The van der Waals surface area contributed by atoms with Gasteiger partial charge in [0.05, 0.1) is 0 Å². The fourth-order valence-electron chi connectivity index (χ4n) is 2.51. The van der Waals surface area contributed by atoms with E-state index < -0.39 is 19.2 Å². The summed E-state index contributed by atoms with van der Waals surface area (Å²) in [7, 11) is -4.84. The molecular weight excluding hydrogens is 313 g/mol. The zero-order valence-corrected chi connectivity index (χ0v) is 13.9. The monoisotopic (exact) mass is 333 g/mol. The number of anilines is 2. The molecule has 0 spiro atoms. The van der Waals surface area contributed by atoms with E-state index in [4.69, 9.17) is 0 Å². The molecule has 2 N–H and O–H groups in total. The van der Waals surface area contributed by atoms with E-state index in [1.54, 1.807) is 18.7 Å². The third-order valence-electron chi connectivity index (χ3n) is 3.52. The van der Waals surface area contributed by atoms with Gasteiger partial charge in [-0.25, -0.2) is 0 Å². The summed E-state index contributed by atoms with van der Waals surface area (Å²) in [5, 5.41) is 0. The highest BCUT2D eigenvalue weighted by atomic mass is 31.2. The van der Waals surface area contributed by atoms with Crippen molar-refractivity contribution >= 4 is 24.5 Å². The van der Waals surface area contributed by atoms with E-state index in [0.29, 0.717) is 11.4 Å². The van der Waals surface area contributed by atoms with E-state index in [2.05, 4.69) is 0 Å². The summed E-state index contributed by atoms with van der Waals surface area (Å²) in [5.74, 6) is -0.282. The Balaban J connectivity index is 2.60. The number of carbonyl (C=O) groups is 1. The van der Waals surface area contributed by atoms with E-state index in [-0.39, 0.29) is 5.92 Å². The largest absolute Gasteiger partial charge is 0.393 e. The van der Waals surface area contributed by atoms with E-state index in [1.807, 2.05) is 60.7 Å². The van der Waals surface area contributed by atoms with Crippen molar-refractivity contribution in [3.05, 3.63) is 60.7 Å². The molecule has 2 aromatic carbocycles. The van der Waals surface area contributed by atoms with E-state index in [1.165, 1.54) is 0 Å². The molecule has 0 radical (unpaired) electrons. The topological polar surface area (TPSA) is 77.8 Å². The van der Waals surface area contributed by atoms with Crippen LogP contribution in [-0.4, -0.2) is 21.4 Å². The van der Waals surface area contributed by atoms with Crippen molar-refractivity contribution in [2.75, 3.05) is 4.90 Å². The quantitative estimate of drug-likeness (QED) is 0.791. The lowest BCUT2D eigenvalue weighted by atomic mass is 10.0. The number of hydrogen-bond donors (Lipinski definition) is 2. The van der Waals surface area contributed by atoms with E-state index in [9.17, 15) is 19.1 Å². The molecule has 5 nitrogen and oxygen atoms in total. The highest BCUT2D eigenvalue weighted by Crippen LogP contribution is 2.42. The maximum Gasteiger partial charge on any atom is 0.393 e. The van der Waals surface area contributed by atoms with E-state index >= 15 is 0 Å². The molecule has 0 aliphatic carbocycles. The molecule has 2 aromatic rings. The van der Waals surface area contributed by atoms with Crippen LogP contribution in [0.1, 0.15) is 13.8 Å². The minimum Gasteiger partial charge on any atom is -0.330 e. The van der Waals surface area contributed by atoms with Gasteiger partial charge in [0, 0.05) is 11.4 Å². The number of hydrogen-bond acceptors (Lipinski definition) is 3. The van der Waals surface area contributed by atoms with Crippen LogP contribution in [0, 0.1) is 5.92 Å². The third-order valence-corrected chi connectivity index (χ3v) is 4.36. The zero-order valence-electron chi connectivity index (χ0n) is 13.0. The van der Waals surface area contributed by atoms with Gasteiger partial charge in [0.25, 0.3) is 5.52 Å². The average Bonchev–Trinajstić information content (AvgIpc) is 2.52. The summed E-state index contributed by atoms with van der Waals surface area (Å²) < 4.78 is 11.6. The highest BCUT2D eigenvalue weighted by Gasteiger charge is 2.40.